The minimum atomic E-state index is -1.04. The third-order valence-corrected chi connectivity index (χ3v) is 8.01. The first-order chi connectivity index (χ1) is 21.1. The Labute approximate surface area is 255 Å². The number of alkyl carbamates (subject to hydrolysis) is 1. The highest BCUT2D eigenvalue weighted by Gasteiger charge is 2.53. The first-order valence-corrected chi connectivity index (χ1v) is 14.7. The summed E-state index contributed by atoms with van der Waals surface area (Å²) in [7, 11) is 0. The van der Waals surface area contributed by atoms with Crippen LogP contribution in [-0.2, 0) is 20.7 Å². The smallest absolute Gasteiger partial charge is 0.407 e. The Morgan fingerprint density at radius 2 is 1.57 bits per heavy atom. The number of nitrogens with zero attached hydrogens (tertiary/aromatic N) is 3. The fourth-order valence-corrected chi connectivity index (χ4v) is 6.11. The van der Waals surface area contributed by atoms with Gasteiger partial charge in [-0.25, -0.2) is 14.5 Å². The van der Waals surface area contributed by atoms with Crippen LogP contribution in [-0.4, -0.2) is 64.1 Å². The molecule has 1 aromatic heterocycles. The quantitative estimate of drug-likeness (QED) is 0.317. The molecule has 0 unspecified atom stereocenters. The van der Waals surface area contributed by atoms with Crippen molar-refractivity contribution in [3.8, 4) is 0 Å². The maximum atomic E-state index is 14.3. The number of ether oxygens (including phenoxy) is 1. The fraction of sp³-hybridized carbons (Fsp3) is 0.294. The van der Waals surface area contributed by atoms with Crippen LogP contribution in [0.4, 0.5) is 21.0 Å². The number of piperazine rings is 1. The largest absolute Gasteiger partial charge is 0.444 e. The van der Waals surface area contributed by atoms with Crippen LogP contribution in [0.2, 0.25) is 0 Å². The van der Waals surface area contributed by atoms with Crippen molar-refractivity contribution in [2.45, 2.75) is 57.3 Å². The molecule has 6 rings (SSSR count). The molecule has 4 aromatic rings. The lowest BCUT2D eigenvalue weighted by Gasteiger charge is -2.51. The summed E-state index contributed by atoms with van der Waals surface area (Å²) in [5.41, 5.74) is 2.19. The van der Waals surface area contributed by atoms with E-state index < -0.39 is 41.8 Å². The van der Waals surface area contributed by atoms with E-state index in [0.717, 1.165) is 21.4 Å². The molecule has 0 bridgehead atoms. The summed E-state index contributed by atoms with van der Waals surface area (Å²) in [5.74, 6) is -0.803. The van der Waals surface area contributed by atoms with Gasteiger partial charge in [-0.05, 0) is 63.1 Å². The van der Waals surface area contributed by atoms with Gasteiger partial charge in [0.15, 0.2) is 0 Å². The van der Waals surface area contributed by atoms with E-state index in [4.69, 9.17) is 4.74 Å². The number of benzene rings is 3. The summed E-state index contributed by atoms with van der Waals surface area (Å²) in [5, 5.41) is 4.03. The molecule has 0 radical (unpaired) electrons. The molecule has 2 aliphatic rings. The lowest BCUT2D eigenvalue weighted by atomic mass is 9.91. The number of hydrogen-bond donors (Lipinski definition) is 2. The summed E-state index contributed by atoms with van der Waals surface area (Å²) < 4.78 is 5.66. The van der Waals surface area contributed by atoms with E-state index in [1.165, 1.54) is 4.90 Å². The highest BCUT2D eigenvalue weighted by Crippen LogP contribution is 2.34. The molecule has 2 saturated heterocycles. The number of rotatable bonds is 6. The van der Waals surface area contributed by atoms with Gasteiger partial charge in [0, 0.05) is 29.3 Å². The molecule has 3 atom stereocenters. The Bertz CT molecular complexity index is 1700. The second-order valence-electron chi connectivity index (χ2n) is 12.1. The van der Waals surface area contributed by atoms with Gasteiger partial charge in [0.1, 0.15) is 11.6 Å². The van der Waals surface area contributed by atoms with Crippen molar-refractivity contribution in [2.24, 2.45) is 0 Å². The Kier molecular flexibility index (Phi) is 7.59. The monoisotopic (exact) mass is 593 g/mol. The number of para-hydroxylation sites is 3. The van der Waals surface area contributed by atoms with Crippen LogP contribution in [0.3, 0.4) is 0 Å². The zero-order valence-corrected chi connectivity index (χ0v) is 24.9. The Hall–Kier alpha value is -5.12. The van der Waals surface area contributed by atoms with Crippen LogP contribution < -0.4 is 15.1 Å². The Morgan fingerprint density at radius 1 is 0.932 bits per heavy atom. The number of aromatic nitrogens is 1. The van der Waals surface area contributed by atoms with Crippen molar-refractivity contribution < 1.29 is 23.9 Å². The number of imide groups is 1. The lowest BCUT2D eigenvalue weighted by Crippen LogP contribution is -2.73. The molecule has 44 heavy (non-hydrogen) atoms. The molecule has 0 aliphatic carbocycles. The maximum Gasteiger partial charge on any atom is 0.407 e. The molecule has 2 N–H and O–H groups in total. The van der Waals surface area contributed by atoms with Gasteiger partial charge in [-0.3, -0.25) is 9.59 Å². The molecule has 3 heterocycles. The van der Waals surface area contributed by atoms with Gasteiger partial charge in [0.05, 0.1) is 24.2 Å². The molecular weight excluding hydrogens is 558 g/mol. The number of aromatic amines is 1. The predicted octanol–water partition coefficient (Wildman–Crippen LogP) is 5.25. The number of nitrogens with one attached hydrogen (secondary N) is 2. The Balaban J connectivity index is 1.45. The second-order valence-corrected chi connectivity index (χ2v) is 12.1. The lowest BCUT2D eigenvalue weighted by molar-refractivity contribution is -0.132. The average Bonchev–Trinajstić information content (AvgIpc) is 3.40. The highest BCUT2D eigenvalue weighted by molar-refractivity contribution is 6.19. The molecule has 10 nitrogen and oxygen atoms in total. The van der Waals surface area contributed by atoms with Crippen molar-refractivity contribution in [2.75, 3.05) is 16.3 Å². The summed E-state index contributed by atoms with van der Waals surface area (Å²) in [6, 6.07) is 22.7. The van der Waals surface area contributed by atoms with Crippen molar-refractivity contribution in [3.05, 3.63) is 96.7 Å². The van der Waals surface area contributed by atoms with E-state index in [2.05, 4.69) is 10.3 Å². The molecule has 226 valence electrons. The zero-order valence-electron chi connectivity index (χ0n) is 24.9. The summed E-state index contributed by atoms with van der Waals surface area (Å²) in [4.78, 5) is 62.6. The molecular formula is C34H35N5O5. The van der Waals surface area contributed by atoms with Gasteiger partial charge in [-0.1, -0.05) is 54.6 Å². The summed E-state index contributed by atoms with van der Waals surface area (Å²) in [6.45, 7) is 5.45. The molecule has 10 heteroatoms. The van der Waals surface area contributed by atoms with Gasteiger partial charge < -0.3 is 24.8 Å². The number of carbonyl (C=O) groups excluding carboxylic acids is 4. The van der Waals surface area contributed by atoms with Gasteiger partial charge in [0.2, 0.25) is 11.8 Å². The average molecular weight is 594 g/mol. The van der Waals surface area contributed by atoms with Crippen LogP contribution >= 0.6 is 0 Å². The molecule has 2 fully saturated rings. The first kappa shape index (κ1) is 29.0. The first-order valence-electron chi connectivity index (χ1n) is 14.7. The van der Waals surface area contributed by atoms with Gasteiger partial charge in [0.25, 0.3) is 0 Å². The predicted molar refractivity (Wildman–Crippen MR) is 167 cm³/mol. The van der Waals surface area contributed by atoms with Crippen molar-refractivity contribution in [3.63, 3.8) is 0 Å². The topological polar surface area (TPSA) is 115 Å². The number of H-pyrrole nitrogens is 1. The molecule has 5 amide bonds. The van der Waals surface area contributed by atoms with Crippen LogP contribution in [0, 0.1) is 0 Å². The minimum Gasteiger partial charge on any atom is -0.444 e. The van der Waals surface area contributed by atoms with Crippen molar-refractivity contribution in [1.82, 2.24) is 15.2 Å². The molecule has 0 saturated carbocycles. The van der Waals surface area contributed by atoms with Crippen LogP contribution in [0.5, 0.6) is 0 Å². The fourth-order valence-electron chi connectivity index (χ4n) is 6.11. The van der Waals surface area contributed by atoms with E-state index in [9.17, 15) is 19.2 Å². The summed E-state index contributed by atoms with van der Waals surface area (Å²) >= 11 is 0. The van der Waals surface area contributed by atoms with Gasteiger partial charge >= 0.3 is 12.1 Å². The molecule has 0 spiro atoms. The molecule has 3 aromatic carbocycles. The van der Waals surface area contributed by atoms with E-state index in [-0.39, 0.29) is 18.9 Å². The normalized spacial score (nSPS) is 19.6. The standard InChI is InChI=1S/C34H35N5O5/c1-34(2,3)44-32(42)36-27(18-22-20-35-26-17-11-10-16-25(22)26)29-21-37(23-12-6-4-7-13-23)31(41)28-19-30(40)38(33(43)39(28)29)24-14-8-5-9-15-24/h4-17,20,27-29,35H,18-19,21H2,1-3H3,(H,36,42)/t27-,28+,29+/m1/s1. The van der Waals surface area contributed by atoms with Crippen LogP contribution in [0.1, 0.15) is 32.8 Å². The van der Waals surface area contributed by atoms with Crippen LogP contribution in [0.15, 0.2) is 91.1 Å². The second kappa shape index (κ2) is 11.5. The van der Waals surface area contributed by atoms with Crippen LogP contribution in [0.25, 0.3) is 10.9 Å². The van der Waals surface area contributed by atoms with E-state index in [1.54, 1.807) is 56.0 Å². The number of carbonyl (C=O) groups is 4. The maximum absolute atomic E-state index is 14.3. The van der Waals surface area contributed by atoms with E-state index in [1.807, 2.05) is 60.8 Å². The number of urea groups is 1. The minimum absolute atomic E-state index is 0.102. The zero-order chi connectivity index (χ0) is 31.0. The van der Waals surface area contributed by atoms with E-state index in [0.29, 0.717) is 17.8 Å². The number of amides is 5. The Morgan fingerprint density at radius 3 is 2.25 bits per heavy atom. The van der Waals surface area contributed by atoms with E-state index >= 15 is 0 Å². The van der Waals surface area contributed by atoms with Gasteiger partial charge in [-0.2, -0.15) is 0 Å². The molecule has 2 aliphatic heterocycles. The van der Waals surface area contributed by atoms with Gasteiger partial charge in [-0.15, -0.1) is 0 Å². The third kappa shape index (κ3) is 5.62. The number of fused-ring (bicyclic) bond motifs is 2. The third-order valence-electron chi connectivity index (χ3n) is 8.01. The summed E-state index contributed by atoms with van der Waals surface area (Å²) in [6.07, 6.45) is 1.40. The number of anilines is 2. The van der Waals surface area contributed by atoms with Crippen molar-refractivity contribution in [1.29, 1.82) is 0 Å². The SMILES string of the molecule is CC(C)(C)OC(=O)N[C@H](Cc1c[nH]c2ccccc12)[C@@H]1CN(c2ccccc2)C(=O)[C@@H]2CC(=O)N(c3ccccc3)C(=O)N21. The number of hydrogen-bond acceptors (Lipinski definition) is 5. The highest BCUT2D eigenvalue weighted by atomic mass is 16.6. The van der Waals surface area contributed by atoms with Crippen molar-refractivity contribution >= 4 is 46.2 Å².